The van der Waals surface area contributed by atoms with Gasteiger partial charge in [0.1, 0.15) is 0 Å². The Hall–Kier alpha value is 0.230. The van der Waals surface area contributed by atoms with E-state index in [0.29, 0.717) is 5.92 Å². The highest BCUT2D eigenvalue weighted by Gasteiger charge is 2.44. The van der Waals surface area contributed by atoms with E-state index < -0.39 is 0 Å². The second-order valence-corrected chi connectivity index (χ2v) is 8.47. The molecule has 0 radical (unpaired) electrons. The Morgan fingerprint density at radius 2 is 1.90 bits per heavy atom. The van der Waals surface area contributed by atoms with Crippen molar-refractivity contribution in [1.82, 2.24) is 4.90 Å². The molecular formula is C17H34N2OS. The van der Waals surface area contributed by atoms with E-state index in [-0.39, 0.29) is 17.2 Å². The molecule has 2 N–H and O–H groups in total. The van der Waals surface area contributed by atoms with Crippen molar-refractivity contribution in [2.75, 3.05) is 31.2 Å². The molecule has 0 bridgehead atoms. The molecule has 0 aromatic carbocycles. The van der Waals surface area contributed by atoms with Crippen LogP contribution < -0.4 is 5.73 Å². The molecule has 2 heterocycles. The SMILES string of the molecule is CCN(CC)C(C)(C)C(N)C1CCOC2(CCSCC2)C1. The van der Waals surface area contributed by atoms with Crippen molar-refractivity contribution in [3.05, 3.63) is 0 Å². The summed E-state index contributed by atoms with van der Waals surface area (Å²) in [7, 11) is 0. The zero-order chi connectivity index (χ0) is 15.5. The number of ether oxygens (including phenoxy) is 1. The molecule has 124 valence electrons. The molecule has 2 fully saturated rings. The molecule has 2 aliphatic heterocycles. The monoisotopic (exact) mass is 314 g/mol. The first-order valence-corrected chi connectivity index (χ1v) is 9.83. The third-order valence-corrected chi connectivity index (χ3v) is 6.82. The Balaban J connectivity index is 2.06. The van der Waals surface area contributed by atoms with Gasteiger partial charge in [-0.1, -0.05) is 13.8 Å². The van der Waals surface area contributed by atoms with Gasteiger partial charge in [0, 0.05) is 18.2 Å². The largest absolute Gasteiger partial charge is 0.375 e. The Morgan fingerprint density at radius 1 is 1.29 bits per heavy atom. The summed E-state index contributed by atoms with van der Waals surface area (Å²) >= 11 is 2.07. The second-order valence-electron chi connectivity index (χ2n) is 7.25. The van der Waals surface area contributed by atoms with Crippen LogP contribution in [0.1, 0.15) is 53.4 Å². The topological polar surface area (TPSA) is 38.5 Å². The number of nitrogens with zero attached hydrogens (tertiary/aromatic N) is 1. The van der Waals surface area contributed by atoms with Crippen LogP contribution in [0.5, 0.6) is 0 Å². The van der Waals surface area contributed by atoms with Gasteiger partial charge in [0.2, 0.25) is 0 Å². The summed E-state index contributed by atoms with van der Waals surface area (Å²) in [6.45, 7) is 12.2. The molecule has 2 atom stereocenters. The molecular weight excluding hydrogens is 280 g/mol. The minimum Gasteiger partial charge on any atom is -0.375 e. The van der Waals surface area contributed by atoms with Crippen molar-refractivity contribution < 1.29 is 4.74 Å². The van der Waals surface area contributed by atoms with Gasteiger partial charge in [-0.25, -0.2) is 0 Å². The van der Waals surface area contributed by atoms with Crippen molar-refractivity contribution in [2.24, 2.45) is 11.7 Å². The van der Waals surface area contributed by atoms with Gasteiger partial charge >= 0.3 is 0 Å². The highest BCUT2D eigenvalue weighted by Crippen LogP contribution is 2.42. The Bertz CT molecular complexity index is 319. The lowest BCUT2D eigenvalue weighted by molar-refractivity contribution is -0.112. The average Bonchev–Trinajstić information content (AvgIpc) is 2.48. The molecule has 0 aliphatic carbocycles. The van der Waals surface area contributed by atoms with Crippen LogP contribution in [0.4, 0.5) is 0 Å². The molecule has 0 saturated carbocycles. The van der Waals surface area contributed by atoms with Gasteiger partial charge in [0.05, 0.1) is 5.60 Å². The molecule has 2 saturated heterocycles. The predicted octanol–water partition coefficient (Wildman–Crippen LogP) is 3.13. The standard InChI is InChI=1S/C17H34N2OS/c1-5-19(6-2)16(3,4)15(18)14-7-10-20-17(13-14)8-11-21-12-9-17/h14-15H,5-13,18H2,1-4H3. The molecule has 4 heteroatoms. The summed E-state index contributed by atoms with van der Waals surface area (Å²) in [5.74, 6) is 3.10. The van der Waals surface area contributed by atoms with Crippen LogP contribution in [-0.2, 0) is 4.74 Å². The normalized spacial score (nSPS) is 28.0. The summed E-state index contributed by atoms with van der Waals surface area (Å²) in [6, 6.07) is 0.229. The maximum atomic E-state index is 6.77. The number of hydrogen-bond acceptors (Lipinski definition) is 4. The summed E-state index contributed by atoms with van der Waals surface area (Å²) in [5.41, 5.74) is 6.98. The van der Waals surface area contributed by atoms with Crippen LogP contribution in [0.2, 0.25) is 0 Å². The maximum Gasteiger partial charge on any atom is 0.0701 e. The van der Waals surface area contributed by atoms with Crippen LogP contribution in [0.3, 0.4) is 0 Å². The van der Waals surface area contributed by atoms with Gasteiger partial charge in [-0.15, -0.1) is 0 Å². The first-order valence-electron chi connectivity index (χ1n) is 8.67. The zero-order valence-corrected chi connectivity index (χ0v) is 15.2. The molecule has 2 rings (SSSR count). The average molecular weight is 315 g/mol. The van der Waals surface area contributed by atoms with Crippen LogP contribution in [0, 0.1) is 5.92 Å². The maximum absolute atomic E-state index is 6.77. The van der Waals surface area contributed by atoms with Gasteiger partial charge in [-0.3, -0.25) is 4.90 Å². The Kier molecular flexibility index (Phi) is 6.03. The molecule has 0 aromatic rings. The van der Waals surface area contributed by atoms with Gasteiger partial charge < -0.3 is 10.5 Å². The summed E-state index contributed by atoms with van der Waals surface area (Å²) < 4.78 is 6.23. The quantitative estimate of drug-likeness (QED) is 0.846. The van der Waals surface area contributed by atoms with E-state index in [2.05, 4.69) is 44.4 Å². The highest BCUT2D eigenvalue weighted by atomic mass is 32.2. The first kappa shape index (κ1) is 17.6. The number of likely N-dealkylation sites (N-methyl/N-ethyl adjacent to an activating group) is 1. The Labute approximate surface area is 135 Å². The minimum absolute atomic E-state index is 0.0656. The van der Waals surface area contributed by atoms with E-state index in [4.69, 9.17) is 10.5 Å². The molecule has 1 spiro atoms. The number of hydrogen-bond donors (Lipinski definition) is 1. The third kappa shape index (κ3) is 3.77. The van der Waals surface area contributed by atoms with Crippen molar-refractivity contribution in [1.29, 1.82) is 0 Å². The van der Waals surface area contributed by atoms with E-state index in [9.17, 15) is 0 Å². The fourth-order valence-corrected chi connectivity index (χ4v) is 5.53. The van der Waals surface area contributed by atoms with Crippen LogP contribution in [-0.4, -0.2) is 53.3 Å². The predicted molar refractivity (Wildman–Crippen MR) is 92.9 cm³/mol. The molecule has 0 aromatic heterocycles. The van der Waals surface area contributed by atoms with Crippen LogP contribution in [0.15, 0.2) is 0 Å². The lowest BCUT2D eigenvalue weighted by Gasteiger charge is -2.50. The van der Waals surface area contributed by atoms with Crippen molar-refractivity contribution in [3.8, 4) is 0 Å². The van der Waals surface area contributed by atoms with Crippen molar-refractivity contribution in [3.63, 3.8) is 0 Å². The minimum atomic E-state index is 0.0656. The molecule has 0 amide bonds. The van der Waals surface area contributed by atoms with Crippen LogP contribution >= 0.6 is 11.8 Å². The van der Waals surface area contributed by atoms with Gasteiger partial charge in [-0.05, 0) is 70.0 Å². The number of rotatable bonds is 5. The molecule has 3 nitrogen and oxygen atoms in total. The molecule has 21 heavy (non-hydrogen) atoms. The van der Waals surface area contributed by atoms with E-state index in [1.807, 2.05) is 0 Å². The van der Waals surface area contributed by atoms with Crippen molar-refractivity contribution >= 4 is 11.8 Å². The smallest absolute Gasteiger partial charge is 0.0701 e. The van der Waals surface area contributed by atoms with Crippen molar-refractivity contribution in [2.45, 2.75) is 70.6 Å². The summed E-state index contributed by atoms with van der Waals surface area (Å²) in [4.78, 5) is 2.51. The number of nitrogens with two attached hydrogens (primary N) is 1. The van der Waals surface area contributed by atoms with Gasteiger partial charge in [0.25, 0.3) is 0 Å². The highest BCUT2D eigenvalue weighted by molar-refractivity contribution is 7.99. The summed E-state index contributed by atoms with van der Waals surface area (Å²) in [5, 5.41) is 0. The Morgan fingerprint density at radius 3 is 2.48 bits per heavy atom. The molecule has 2 unspecified atom stereocenters. The van der Waals surface area contributed by atoms with E-state index >= 15 is 0 Å². The molecule has 2 aliphatic rings. The fourth-order valence-electron chi connectivity index (χ4n) is 4.29. The van der Waals surface area contributed by atoms with E-state index in [0.717, 1.165) is 26.1 Å². The van der Waals surface area contributed by atoms with Gasteiger partial charge in [-0.2, -0.15) is 11.8 Å². The number of thioether (sulfide) groups is 1. The zero-order valence-electron chi connectivity index (χ0n) is 14.4. The fraction of sp³-hybridized carbons (Fsp3) is 1.00. The lowest BCUT2D eigenvalue weighted by Crippen LogP contribution is -2.61. The van der Waals surface area contributed by atoms with E-state index in [1.54, 1.807) is 0 Å². The van der Waals surface area contributed by atoms with Crippen LogP contribution in [0.25, 0.3) is 0 Å². The van der Waals surface area contributed by atoms with E-state index in [1.165, 1.54) is 30.8 Å². The third-order valence-electron chi connectivity index (χ3n) is 5.84. The summed E-state index contributed by atoms with van der Waals surface area (Å²) in [6.07, 6.45) is 4.72. The lowest BCUT2D eigenvalue weighted by atomic mass is 9.73. The first-order chi connectivity index (χ1) is 9.95. The van der Waals surface area contributed by atoms with Gasteiger partial charge in [0.15, 0.2) is 0 Å². The second kappa shape index (κ2) is 7.20.